The van der Waals surface area contributed by atoms with E-state index < -0.39 is 0 Å². The van der Waals surface area contributed by atoms with E-state index in [-0.39, 0.29) is 0 Å². The van der Waals surface area contributed by atoms with E-state index in [9.17, 15) is 0 Å². The molecule has 0 atom stereocenters. The van der Waals surface area contributed by atoms with Crippen LogP contribution in [0.25, 0.3) is 0 Å². The van der Waals surface area contributed by atoms with Crippen LogP contribution in [0, 0.1) is 0 Å². The van der Waals surface area contributed by atoms with Gasteiger partial charge in [-0.1, -0.05) is 19.1 Å². The van der Waals surface area contributed by atoms with Crippen LogP contribution in [0.1, 0.15) is 13.3 Å². The van der Waals surface area contributed by atoms with Crippen LogP contribution in [-0.4, -0.2) is 55.8 Å². The summed E-state index contributed by atoms with van der Waals surface area (Å²) in [4.78, 5) is 4.68. The molecule has 0 aliphatic heterocycles. The zero-order valence-electron chi connectivity index (χ0n) is 9.74. The maximum Gasteiger partial charge on any atom is 0.0163 e. The van der Waals surface area contributed by atoms with Gasteiger partial charge >= 0.3 is 0 Å². The number of nitrogens with zero attached hydrogens (tertiary/aromatic N) is 2. The van der Waals surface area contributed by atoms with E-state index in [0.29, 0.717) is 0 Å². The molecule has 0 amide bonds. The van der Waals surface area contributed by atoms with Crippen molar-refractivity contribution in [2.75, 3.05) is 46.0 Å². The van der Waals surface area contributed by atoms with E-state index in [1.807, 2.05) is 0 Å². The lowest BCUT2D eigenvalue weighted by molar-refractivity contribution is 0.289. The molecule has 3 heteroatoms. The minimum Gasteiger partial charge on any atom is -0.309 e. The normalized spacial score (nSPS) is 12.1. The summed E-state index contributed by atoms with van der Waals surface area (Å²) in [6.07, 6.45) is 5.55. The van der Waals surface area contributed by atoms with E-state index in [2.05, 4.69) is 55.6 Å². The molecular weight excluding hydrogens is 192 g/mol. The first kappa shape index (κ1) is 14.0. The third-order valence-electron chi connectivity index (χ3n) is 2.16. The van der Waals surface area contributed by atoms with Crippen molar-refractivity contribution < 1.29 is 0 Å². The zero-order valence-corrected chi connectivity index (χ0v) is 10.6. The Hall–Kier alpha value is 0.01000. The molecule has 0 saturated carbocycles. The summed E-state index contributed by atoms with van der Waals surface area (Å²) in [5.41, 5.74) is 0. The lowest BCUT2D eigenvalue weighted by Crippen LogP contribution is -2.27. The Balaban J connectivity index is 3.52. The molecule has 2 nitrogen and oxygen atoms in total. The standard InChI is InChI=1S/C11H24N2S/c1-4-13(9-5-6-11-14)10-7-8-12(2)3/h5-6,14H,4,7-11H2,1-3H3/b6-5+. The van der Waals surface area contributed by atoms with Gasteiger partial charge in [0.15, 0.2) is 0 Å². The molecule has 0 unspecified atom stereocenters. The van der Waals surface area contributed by atoms with Gasteiger partial charge in [0.25, 0.3) is 0 Å². The van der Waals surface area contributed by atoms with Crippen molar-refractivity contribution in [3.8, 4) is 0 Å². The summed E-state index contributed by atoms with van der Waals surface area (Å²) < 4.78 is 0. The van der Waals surface area contributed by atoms with Crippen LogP contribution in [0.3, 0.4) is 0 Å². The van der Waals surface area contributed by atoms with Gasteiger partial charge in [0.1, 0.15) is 0 Å². The third kappa shape index (κ3) is 8.60. The zero-order chi connectivity index (χ0) is 10.8. The summed E-state index contributed by atoms with van der Waals surface area (Å²) in [7, 11) is 4.24. The second-order valence-electron chi connectivity index (χ2n) is 3.70. The van der Waals surface area contributed by atoms with Crippen molar-refractivity contribution in [1.82, 2.24) is 9.80 Å². The van der Waals surface area contributed by atoms with Crippen LogP contribution < -0.4 is 0 Å². The summed E-state index contributed by atoms with van der Waals surface area (Å²) in [6, 6.07) is 0. The minimum atomic E-state index is 0.843. The van der Waals surface area contributed by atoms with Gasteiger partial charge in [0, 0.05) is 12.3 Å². The molecule has 14 heavy (non-hydrogen) atoms. The van der Waals surface area contributed by atoms with Crippen LogP contribution in [0.4, 0.5) is 0 Å². The van der Waals surface area contributed by atoms with Crippen LogP contribution in [0.2, 0.25) is 0 Å². The SMILES string of the molecule is CCN(C/C=C/CS)CCCN(C)C. The highest BCUT2D eigenvalue weighted by Gasteiger charge is 1.99. The first-order valence-electron chi connectivity index (χ1n) is 5.33. The Morgan fingerprint density at radius 1 is 1.14 bits per heavy atom. The average molecular weight is 216 g/mol. The molecule has 0 aromatic carbocycles. The first-order chi connectivity index (χ1) is 6.70. The second kappa shape index (κ2) is 9.56. The Kier molecular flexibility index (Phi) is 9.57. The molecule has 0 aliphatic carbocycles. The van der Waals surface area contributed by atoms with Crippen molar-refractivity contribution in [3.63, 3.8) is 0 Å². The minimum absolute atomic E-state index is 0.843. The predicted octanol–water partition coefficient (Wildman–Crippen LogP) is 1.75. The molecule has 0 saturated heterocycles. The number of rotatable bonds is 8. The molecule has 0 spiro atoms. The molecule has 0 rings (SSSR count). The van der Waals surface area contributed by atoms with Gasteiger partial charge in [-0.15, -0.1) is 0 Å². The number of thiol groups is 1. The Morgan fingerprint density at radius 3 is 2.36 bits per heavy atom. The van der Waals surface area contributed by atoms with Crippen molar-refractivity contribution in [2.45, 2.75) is 13.3 Å². The molecule has 0 bridgehead atoms. The first-order valence-corrected chi connectivity index (χ1v) is 5.96. The van der Waals surface area contributed by atoms with E-state index in [0.717, 1.165) is 18.8 Å². The van der Waals surface area contributed by atoms with Gasteiger partial charge in [-0.25, -0.2) is 0 Å². The highest BCUT2D eigenvalue weighted by Crippen LogP contribution is 1.93. The molecule has 0 N–H and O–H groups in total. The predicted molar refractivity (Wildman–Crippen MR) is 68.3 cm³/mol. The van der Waals surface area contributed by atoms with Crippen molar-refractivity contribution in [1.29, 1.82) is 0 Å². The topological polar surface area (TPSA) is 6.48 Å². The van der Waals surface area contributed by atoms with Crippen molar-refractivity contribution in [2.24, 2.45) is 0 Å². The van der Waals surface area contributed by atoms with E-state index in [1.54, 1.807) is 0 Å². The molecular formula is C11H24N2S. The fraction of sp³-hybridized carbons (Fsp3) is 0.818. The number of likely N-dealkylation sites (N-methyl/N-ethyl adjacent to an activating group) is 1. The number of hydrogen-bond donors (Lipinski definition) is 1. The average Bonchev–Trinajstić information content (AvgIpc) is 2.15. The molecule has 84 valence electrons. The summed E-state index contributed by atoms with van der Waals surface area (Å²) in [5, 5.41) is 0. The van der Waals surface area contributed by atoms with Gasteiger partial charge in [-0.05, 0) is 40.2 Å². The van der Waals surface area contributed by atoms with Gasteiger partial charge in [0.2, 0.25) is 0 Å². The lowest BCUT2D eigenvalue weighted by atomic mass is 10.3. The third-order valence-corrected chi connectivity index (χ3v) is 2.37. The van der Waals surface area contributed by atoms with Gasteiger partial charge in [-0.3, -0.25) is 4.90 Å². The molecule has 0 fully saturated rings. The smallest absolute Gasteiger partial charge is 0.0163 e. The maximum atomic E-state index is 4.14. The van der Waals surface area contributed by atoms with Crippen LogP contribution in [0.15, 0.2) is 12.2 Å². The summed E-state index contributed by atoms with van der Waals surface area (Å²) >= 11 is 4.14. The largest absolute Gasteiger partial charge is 0.309 e. The van der Waals surface area contributed by atoms with Crippen molar-refractivity contribution in [3.05, 3.63) is 12.2 Å². The van der Waals surface area contributed by atoms with E-state index in [4.69, 9.17) is 0 Å². The quantitative estimate of drug-likeness (QED) is 0.488. The molecule has 0 radical (unpaired) electrons. The van der Waals surface area contributed by atoms with E-state index in [1.165, 1.54) is 19.5 Å². The highest BCUT2D eigenvalue weighted by atomic mass is 32.1. The fourth-order valence-electron chi connectivity index (χ4n) is 1.29. The Labute approximate surface area is 94.4 Å². The summed E-state index contributed by atoms with van der Waals surface area (Å²) in [6.45, 7) is 6.76. The monoisotopic (exact) mass is 216 g/mol. The van der Waals surface area contributed by atoms with Crippen LogP contribution in [0.5, 0.6) is 0 Å². The Bertz CT molecular complexity index is 146. The fourth-order valence-corrected chi connectivity index (χ4v) is 1.44. The number of hydrogen-bond acceptors (Lipinski definition) is 3. The molecule has 0 aliphatic rings. The lowest BCUT2D eigenvalue weighted by Gasteiger charge is -2.19. The van der Waals surface area contributed by atoms with Gasteiger partial charge < -0.3 is 4.90 Å². The van der Waals surface area contributed by atoms with Crippen LogP contribution in [-0.2, 0) is 0 Å². The highest BCUT2D eigenvalue weighted by molar-refractivity contribution is 7.80. The molecule has 0 aromatic heterocycles. The van der Waals surface area contributed by atoms with Gasteiger partial charge in [-0.2, -0.15) is 12.6 Å². The second-order valence-corrected chi connectivity index (χ2v) is 4.07. The molecule has 0 aromatic rings. The van der Waals surface area contributed by atoms with Crippen molar-refractivity contribution >= 4 is 12.6 Å². The molecule has 0 heterocycles. The van der Waals surface area contributed by atoms with Crippen LogP contribution >= 0.6 is 12.6 Å². The van der Waals surface area contributed by atoms with E-state index >= 15 is 0 Å². The summed E-state index contributed by atoms with van der Waals surface area (Å²) in [5.74, 6) is 0.843. The van der Waals surface area contributed by atoms with Gasteiger partial charge in [0.05, 0.1) is 0 Å². The Morgan fingerprint density at radius 2 is 1.86 bits per heavy atom. The maximum absolute atomic E-state index is 4.14.